The third-order valence-corrected chi connectivity index (χ3v) is 8.67. The summed E-state index contributed by atoms with van der Waals surface area (Å²) in [7, 11) is 3.90. The van der Waals surface area contributed by atoms with E-state index in [9.17, 15) is 32.7 Å². The molecule has 3 aliphatic rings. The number of aliphatic carboxylic acids is 1. The number of nitrogens with one attached hydrogen (secondary N) is 1. The van der Waals surface area contributed by atoms with E-state index in [2.05, 4.69) is 5.32 Å². The normalized spacial score (nSPS) is 21.5. The monoisotopic (exact) mass is 675 g/mol. The molecule has 3 aromatic rings. The van der Waals surface area contributed by atoms with Crippen LogP contribution < -0.4 is 15.6 Å². The summed E-state index contributed by atoms with van der Waals surface area (Å²) in [6, 6.07) is 7.49. The molecule has 0 spiro atoms. The number of carbonyl (C=O) groups excluding carboxylic acids is 2. The first-order valence-corrected chi connectivity index (χ1v) is 15.3. The Morgan fingerprint density at radius 2 is 1.90 bits per heavy atom. The summed E-state index contributed by atoms with van der Waals surface area (Å²) < 4.78 is 44.5. The summed E-state index contributed by atoms with van der Waals surface area (Å²) in [6.45, 7) is 7.61. The van der Waals surface area contributed by atoms with Gasteiger partial charge in [0.25, 0.3) is 5.56 Å². The molecule has 6 rings (SSSR count). The zero-order valence-corrected chi connectivity index (χ0v) is 27.0. The van der Waals surface area contributed by atoms with Crippen molar-refractivity contribution in [2.45, 2.75) is 70.7 Å². The minimum Gasteiger partial charge on any atom is -0.475 e. The first kappa shape index (κ1) is 34.8. The highest BCUT2D eigenvalue weighted by Crippen LogP contribution is 2.40. The van der Waals surface area contributed by atoms with Gasteiger partial charge in [0.2, 0.25) is 0 Å². The van der Waals surface area contributed by atoms with Crippen molar-refractivity contribution in [1.82, 2.24) is 24.7 Å². The molecule has 3 N–H and O–H groups in total. The number of pyridine rings is 2. The van der Waals surface area contributed by atoms with Crippen LogP contribution in [0.15, 0.2) is 29.1 Å². The topological polar surface area (TPSA) is 164 Å². The molecule has 16 heteroatoms. The Morgan fingerprint density at radius 3 is 2.52 bits per heavy atom. The number of carboxylic acids is 1. The quantitative estimate of drug-likeness (QED) is 0.273. The summed E-state index contributed by atoms with van der Waals surface area (Å²) >= 11 is 0. The second-order valence-electron chi connectivity index (χ2n) is 12.4. The zero-order valence-electron chi connectivity index (χ0n) is 27.0. The number of hydrogen-bond donors (Lipinski definition) is 3. The van der Waals surface area contributed by atoms with Gasteiger partial charge in [0.1, 0.15) is 12.4 Å². The van der Waals surface area contributed by atoms with Gasteiger partial charge in [0.15, 0.2) is 5.60 Å². The molecule has 1 saturated heterocycles. The Balaban J connectivity index is 0.000000582. The van der Waals surface area contributed by atoms with Crippen LogP contribution in [0.3, 0.4) is 0 Å². The summed E-state index contributed by atoms with van der Waals surface area (Å²) in [5.74, 6) is -3.03. The smallest absolute Gasteiger partial charge is 0.475 e. The molecule has 0 saturated carbocycles. The van der Waals surface area contributed by atoms with Crippen molar-refractivity contribution in [2.24, 2.45) is 0 Å². The Morgan fingerprint density at radius 1 is 1.21 bits per heavy atom. The number of ether oxygens (including phenoxy) is 2. The molecule has 2 aromatic heterocycles. The van der Waals surface area contributed by atoms with E-state index < -0.39 is 23.7 Å². The summed E-state index contributed by atoms with van der Waals surface area (Å²) in [6.07, 6.45) is -5.38. The van der Waals surface area contributed by atoms with Crippen molar-refractivity contribution in [3.05, 3.63) is 56.9 Å². The maximum atomic E-state index is 13.5. The number of fused-ring (bicyclic) bond motifs is 5. The van der Waals surface area contributed by atoms with Gasteiger partial charge in [0.05, 0.1) is 29.0 Å². The van der Waals surface area contributed by atoms with Crippen molar-refractivity contribution < 1.29 is 47.2 Å². The first-order chi connectivity index (χ1) is 22.5. The molecule has 1 aromatic carbocycles. The van der Waals surface area contributed by atoms with Gasteiger partial charge >= 0.3 is 24.2 Å². The van der Waals surface area contributed by atoms with Crippen LogP contribution in [-0.2, 0) is 39.6 Å². The van der Waals surface area contributed by atoms with E-state index in [1.165, 1.54) is 0 Å². The minimum absolute atomic E-state index is 0.00934. The summed E-state index contributed by atoms with van der Waals surface area (Å²) in [4.78, 5) is 56.8. The fraction of sp³-hybridized carbons (Fsp3) is 0.469. The lowest BCUT2D eigenvalue weighted by atomic mass is 9.86. The number of esters is 1. The van der Waals surface area contributed by atoms with Gasteiger partial charge in [-0.3, -0.25) is 4.79 Å². The van der Waals surface area contributed by atoms with Gasteiger partial charge in [-0.1, -0.05) is 6.92 Å². The van der Waals surface area contributed by atoms with Gasteiger partial charge in [-0.2, -0.15) is 13.2 Å². The van der Waals surface area contributed by atoms with E-state index in [4.69, 9.17) is 24.4 Å². The Bertz CT molecular complexity index is 1860. The highest BCUT2D eigenvalue weighted by atomic mass is 19.4. The third kappa shape index (κ3) is 6.34. The molecule has 3 atom stereocenters. The van der Waals surface area contributed by atoms with Crippen molar-refractivity contribution in [3.63, 3.8) is 0 Å². The molecule has 1 fully saturated rings. The number of nitrogens with zero attached hydrogens (tertiary/aromatic N) is 4. The van der Waals surface area contributed by atoms with Gasteiger partial charge in [0, 0.05) is 53.8 Å². The van der Waals surface area contributed by atoms with Crippen LogP contribution in [0.2, 0.25) is 0 Å². The van der Waals surface area contributed by atoms with Crippen LogP contribution >= 0.6 is 0 Å². The standard InChI is InChI=1S/C30H35N5O6.C2HF3O2/c1-6-30(39)22-10-24-26-18(13-35(24)27(36)21(22)15-40-28(30)37)9-19-20(14-33(4)5)25(8-7-23(19)32-26)41-29(38)34-12-16(2)31-11-17(34)3;3-2(4,5)1(6)7/h7-10,16-17,31,39H,6,11-15H2,1-5H3;(H,6,7)/t16-,17+,30-;/m0./s1. The average molecular weight is 676 g/mol. The van der Waals surface area contributed by atoms with Crippen LogP contribution in [0, 0.1) is 0 Å². The number of carbonyl (C=O) groups is 3. The number of aromatic nitrogens is 2. The van der Waals surface area contributed by atoms with Crippen LogP contribution in [0.4, 0.5) is 18.0 Å². The molecule has 0 bridgehead atoms. The first-order valence-electron chi connectivity index (χ1n) is 15.3. The number of benzene rings is 1. The number of amides is 1. The number of carboxylic acid groups (broad SMARTS) is 1. The molecule has 258 valence electrons. The van der Waals surface area contributed by atoms with E-state index in [1.54, 1.807) is 28.5 Å². The number of piperazine rings is 1. The lowest BCUT2D eigenvalue weighted by Crippen LogP contribution is -2.56. The third-order valence-electron chi connectivity index (χ3n) is 8.67. The lowest BCUT2D eigenvalue weighted by molar-refractivity contribution is -0.192. The number of alkyl halides is 3. The maximum absolute atomic E-state index is 13.5. The van der Waals surface area contributed by atoms with Crippen LogP contribution in [0.25, 0.3) is 22.3 Å². The van der Waals surface area contributed by atoms with Gasteiger partial charge in [-0.05, 0) is 58.6 Å². The van der Waals surface area contributed by atoms with Gasteiger partial charge in [-0.15, -0.1) is 0 Å². The molecule has 0 aliphatic carbocycles. The van der Waals surface area contributed by atoms with E-state index in [0.29, 0.717) is 48.8 Å². The van der Waals surface area contributed by atoms with Gasteiger partial charge < -0.3 is 39.4 Å². The second kappa shape index (κ2) is 12.8. The molecule has 0 radical (unpaired) electrons. The molecular formula is C32H36F3N5O8. The summed E-state index contributed by atoms with van der Waals surface area (Å²) in [5.41, 5.74) is 1.92. The molecule has 13 nitrogen and oxygen atoms in total. The molecule has 0 unspecified atom stereocenters. The molecule has 48 heavy (non-hydrogen) atoms. The van der Waals surface area contributed by atoms with Crippen LogP contribution in [-0.4, -0.2) is 93.0 Å². The van der Waals surface area contributed by atoms with Crippen molar-refractivity contribution >= 4 is 28.9 Å². The number of halogens is 3. The van der Waals surface area contributed by atoms with Crippen LogP contribution in [0.5, 0.6) is 5.75 Å². The largest absolute Gasteiger partial charge is 0.490 e. The Kier molecular flexibility index (Phi) is 9.29. The molecule has 1 amide bonds. The van der Waals surface area contributed by atoms with E-state index in [-0.39, 0.29) is 47.9 Å². The average Bonchev–Trinajstić information content (AvgIpc) is 3.38. The molecular weight excluding hydrogens is 639 g/mol. The number of hydrogen-bond acceptors (Lipinski definition) is 10. The number of cyclic esters (lactones) is 1. The predicted molar refractivity (Wildman–Crippen MR) is 165 cm³/mol. The number of rotatable bonds is 4. The maximum Gasteiger partial charge on any atom is 0.490 e. The summed E-state index contributed by atoms with van der Waals surface area (Å²) in [5, 5.41) is 22.5. The Labute approximate surface area is 272 Å². The zero-order chi connectivity index (χ0) is 35.3. The lowest BCUT2D eigenvalue weighted by Gasteiger charge is -2.36. The number of aliphatic hydroxyl groups is 1. The van der Waals surface area contributed by atoms with Gasteiger partial charge in [-0.25, -0.2) is 19.4 Å². The van der Waals surface area contributed by atoms with Crippen molar-refractivity contribution in [2.75, 3.05) is 27.2 Å². The molecule has 3 aliphatic heterocycles. The van der Waals surface area contributed by atoms with Crippen molar-refractivity contribution in [1.29, 1.82) is 0 Å². The van der Waals surface area contributed by atoms with E-state index in [0.717, 1.165) is 16.5 Å². The minimum atomic E-state index is -5.08. The predicted octanol–water partition coefficient (Wildman–Crippen LogP) is 2.96. The fourth-order valence-corrected chi connectivity index (χ4v) is 6.09. The highest BCUT2D eigenvalue weighted by molar-refractivity contribution is 5.90. The van der Waals surface area contributed by atoms with Crippen LogP contribution in [0.1, 0.15) is 49.4 Å². The second-order valence-corrected chi connectivity index (χ2v) is 12.4. The van der Waals surface area contributed by atoms with Crippen molar-refractivity contribution in [3.8, 4) is 17.1 Å². The van der Waals surface area contributed by atoms with E-state index in [1.807, 2.05) is 45.0 Å². The Hall–Kier alpha value is -4.54. The highest BCUT2D eigenvalue weighted by Gasteiger charge is 2.45. The van der Waals surface area contributed by atoms with E-state index >= 15 is 0 Å². The SMILES string of the molecule is CC[C@@]1(O)C(=O)OCc2c1cc1n(c2=O)Cc2cc3c(CN(C)C)c(OC(=O)N4C[C@H](C)NC[C@H]4C)ccc3nc2-1.O=C(O)C(F)(F)F. The molecule has 5 heterocycles. The fourth-order valence-electron chi connectivity index (χ4n) is 6.09.